The third kappa shape index (κ3) is 5.84. The molecule has 168 valence electrons. The highest BCUT2D eigenvalue weighted by Gasteiger charge is 2.14. The first-order chi connectivity index (χ1) is 15.9. The molecule has 0 fully saturated rings. The highest BCUT2D eigenvalue weighted by atomic mass is 79.9. The number of hydrogen-bond donors (Lipinski definition) is 3. The molecule has 0 atom stereocenters. The molecule has 3 N–H and O–H groups in total. The molecule has 4 rings (SSSR count). The Kier molecular flexibility index (Phi) is 7.17. The standard InChI is InChI=1S/C23H19BrN4O3S2/c1-2-3-20(29)27-23-26-16-9-8-15(12-19(16)33-23)25-22(32)28-21(30)18-11-10-17(31-18)13-4-6-14(24)7-5-13/h4-12H,2-3H2,1H3,(H,26,27,29)(H2,25,28,30,32). The van der Waals surface area contributed by atoms with Gasteiger partial charge in [-0.15, -0.1) is 0 Å². The van der Waals surface area contributed by atoms with Gasteiger partial charge in [0.25, 0.3) is 5.91 Å². The topological polar surface area (TPSA) is 96.3 Å². The second kappa shape index (κ2) is 10.2. The molecule has 0 bridgehead atoms. The number of thiocarbonyl (C=S) groups is 1. The van der Waals surface area contributed by atoms with Crippen molar-refractivity contribution in [3.63, 3.8) is 0 Å². The number of nitrogens with one attached hydrogen (secondary N) is 3. The fourth-order valence-corrected chi connectivity index (χ4v) is 4.42. The molecule has 7 nitrogen and oxygen atoms in total. The number of fused-ring (bicyclic) bond motifs is 1. The summed E-state index contributed by atoms with van der Waals surface area (Å²) in [7, 11) is 0. The number of benzene rings is 2. The lowest BCUT2D eigenvalue weighted by Crippen LogP contribution is -2.33. The molecular weight excluding hydrogens is 524 g/mol. The summed E-state index contributed by atoms with van der Waals surface area (Å²) in [4.78, 5) is 28.7. The maximum atomic E-state index is 12.5. The number of anilines is 2. The Morgan fingerprint density at radius 2 is 1.88 bits per heavy atom. The molecule has 2 aromatic carbocycles. The van der Waals surface area contributed by atoms with E-state index >= 15 is 0 Å². The van der Waals surface area contributed by atoms with Gasteiger partial charge in [-0.25, -0.2) is 4.98 Å². The second-order valence-corrected chi connectivity index (χ2v) is 9.43. The zero-order valence-corrected chi connectivity index (χ0v) is 20.7. The van der Waals surface area contributed by atoms with Crippen LogP contribution in [0.3, 0.4) is 0 Å². The monoisotopic (exact) mass is 542 g/mol. The third-order valence-electron chi connectivity index (χ3n) is 4.56. The molecule has 0 aliphatic rings. The quantitative estimate of drug-likeness (QED) is 0.251. The summed E-state index contributed by atoms with van der Waals surface area (Å²) >= 11 is 10.0. The number of carbonyl (C=O) groups excluding carboxylic acids is 2. The summed E-state index contributed by atoms with van der Waals surface area (Å²) < 4.78 is 7.52. The summed E-state index contributed by atoms with van der Waals surface area (Å²) in [5.41, 5.74) is 2.32. The van der Waals surface area contributed by atoms with E-state index in [0.29, 0.717) is 23.0 Å². The molecule has 0 unspecified atom stereocenters. The number of thiazole rings is 1. The average molecular weight is 543 g/mol. The zero-order chi connectivity index (χ0) is 23.4. The Balaban J connectivity index is 1.38. The number of nitrogens with zero attached hydrogens (tertiary/aromatic N) is 1. The summed E-state index contributed by atoms with van der Waals surface area (Å²) in [5.74, 6) is 0.238. The van der Waals surface area contributed by atoms with Crippen molar-refractivity contribution in [1.82, 2.24) is 10.3 Å². The third-order valence-corrected chi connectivity index (χ3v) is 6.22. The second-order valence-electron chi connectivity index (χ2n) is 7.08. The fourth-order valence-electron chi connectivity index (χ4n) is 3.02. The van der Waals surface area contributed by atoms with Crippen molar-refractivity contribution in [1.29, 1.82) is 0 Å². The SMILES string of the molecule is CCCC(=O)Nc1nc2ccc(NC(=S)NC(=O)c3ccc(-c4ccc(Br)cc4)o3)cc2s1. The molecule has 0 spiro atoms. The molecule has 33 heavy (non-hydrogen) atoms. The van der Waals surface area contributed by atoms with Gasteiger partial charge >= 0.3 is 0 Å². The Hall–Kier alpha value is -3.08. The van der Waals surface area contributed by atoms with Crippen LogP contribution >= 0.6 is 39.5 Å². The summed E-state index contributed by atoms with van der Waals surface area (Å²) in [6.45, 7) is 1.95. The maximum absolute atomic E-state index is 12.5. The van der Waals surface area contributed by atoms with Crippen molar-refractivity contribution in [2.24, 2.45) is 0 Å². The van der Waals surface area contributed by atoms with E-state index in [0.717, 1.165) is 26.7 Å². The number of amides is 2. The van der Waals surface area contributed by atoms with Crippen molar-refractivity contribution in [3.05, 3.63) is 64.8 Å². The normalized spacial score (nSPS) is 10.7. The van der Waals surface area contributed by atoms with Crippen LogP contribution in [0, 0.1) is 0 Å². The summed E-state index contributed by atoms with van der Waals surface area (Å²) in [5, 5.41) is 9.12. The predicted octanol–water partition coefficient (Wildman–Crippen LogP) is 6.18. The van der Waals surface area contributed by atoms with E-state index in [1.165, 1.54) is 11.3 Å². The summed E-state index contributed by atoms with van der Waals surface area (Å²) in [6, 6.07) is 16.4. The van der Waals surface area contributed by atoms with Gasteiger partial charge in [0, 0.05) is 22.1 Å². The molecule has 10 heteroatoms. The van der Waals surface area contributed by atoms with Crippen LogP contribution in [-0.2, 0) is 4.79 Å². The molecule has 0 saturated heterocycles. The van der Waals surface area contributed by atoms with Gasteiger partial charge in [-0.1, -0.05) is 46.3 Å². The van der Waals surface area contributed by atoms with Crippen molar-refractivity contribution < 1.29 is 14.0 Å². The number of carbonyl (C=O) groups is 2. The Labute approximate surface area is 207 Å². The highest BCUT2D eigenvalue weighted by Crippen LogP contribution is 2.29. The van der Waals surface area contributed by atoms with Gasteiger partial charge in [-0.05, 0) is 61.1 Å². The molecule has 0 aliphatic carbocycles. The fraction of sp³-hybridized carbons (Fsp3) is 0.130. The van der Waals surface area contributed by atoms with Crippen molar-refractivity contribution in [2.45, 2.75) is 19.8 Å². The van der Waals surface area contributed by atoms with Crippen LogP contribution in [0.15, 0.2) is 63.5 Å². The van der Waals surface area contributed by atoms with Crippen molar-refractivity contribution in [2.75, 3.05) is 10.6 Å². The van der Waals surface area contributed by atoms with Crippen LogP contribution in [0.25, 0.3) is 21.5 Å². The van der Waals surface area contributed by atoms with Crippen LogP contribution < -0.4 is 16.0 Å². The minimum absolute atomic E-state index is 0.0555. The van der Waals surface area contributed by atoms with Crippen LogP contribution in [0.2, 0.25) is 0 Å². The Bertz CT molecular complexity index is 1330. The van der Waals surface area contributed by atoms with Gasteiger partial charge in [-0.2, -0.15) is 0 Å². The lowest BCUT2D eigenvalue weighted by Gasteiger charge is -2.08. The number of furan rings is 1. The Morgan fingerprint density at radius 3 is 2.64 bits per heavy atom. The number of aromatic nitrogens is 1. The van der Waals surface area contributed by atoms with Gasteiger partial charge in [0.1, 0.15) is 5.76 Å². The lowest BCUT2D eigenvalue weighted by atomic mass is 10.2. The Morgan fingerprint density at radius 1 is 1.09 bits per heavy atom. The number of halogens is 1. The van der Waals surface area contributed by atoms with Gasteiger partial charge in [0.15, 0.2) is 16.0 Å². The largest absolute Gasteiger partial charge is 0.451 e. The predicted molar refractivity (Wildman–Crippen MR) is 139 cm³/mol. The van der Waals surface area contributed by atoms with Crippen LogP contribution in [0.5, 0.6) is 0 Å². The van der Waals surface area contributed by atoms with Gasteiger partial charge in [0.05, 0.1) is 10.2 Å². The van der Waals surface area contributed by atoms with Crippen LogP contribution in [-0.4, -0.2) is 21.9 Å². The number of rotatable bonds is 6. The molecule has 2 aromatic heterocycles. The van der Waals surface area contributed by atoms with Crippen LogP contribution in [0.4, 0.5) is 10.8 Å². The molecule has 4 aromatic rings. The van der Waals surface area contributed by atoms with E-state index in [4.69, 9.17) is 16.6 Å². The molecular formula is C23H19BrN4O3S2. The lowest BCUT2D eigenvalue weighted by molar-refractivity contribution is -0.116. The van der Waals surface area contributed by atoms with Gasteiger partial charge in [-0.3, -0.25) is 14.9 Å². The molecule has 2 heterocycles. The molecule has 0 radical (unpaired) electrons. The van der Waals surface area contributed by atoms with Crippen LogP contribution in [0.1, 0.15) is 30.3 Å². The van der Waals surface area contributed by atoms with E-state index in [9.17, 15) is 9.59 Å². The summed E-state index contributed by atoms with van der Waals surface area (Å²) in [6.07, 6.45) is 1.23. The van der Waals surface area contributed by atoms with E-state index < -0.39 is 5.91 Å². The van der Waals surface area contributed by atoms with E-state index in [1.807, 2.05) is 43.3 Å². The van der Waals surface area contributed by atoms with Crippen molar-refractivity contribution in [3.8, 4) is 11.3 Å². The van der Waals surface area contributed by atoms with Gasteiger partial charge < -0.3 is 15.1 Å². The molecule has 2 amide bonds. The van der Waals surface area contributed by atoms with E-state index in [2.05, 4.69) is 36.9 Å². The molecule has 0 saturated carbocycles. The molecule has 0 aliphatic heterocycles. The first kappa shape index (κ1) is 23.1. The first-order valence-corrected chi connectivity index (χ1v) is 12.1. The zero-order valence-electron chi connectivity index (χ0n) is 17.5. The minimum Gasteiger partial charge on any atom is -0.451 e. The van der Waals surface area contributed by atoms with Gasteiger partial charge in [0.2, 0.25) is 5.91 Å². The first-order valence-electron chi connectivity index (χ1n) is 10.1. The highest BCUT2D eigenvalue weighted by molar-refractivity contribution is 9.10. The van der Waals surface area contributed by atoms with E-state index in [1.54, 1.807) is 18.2 Å². The van der Waals surface area contributed by atoms with Crippen molar-refractivity contribution >= 4 is 77.4 Å². The average Bonchev–Trinajstić information content (AvgIpc) is 3.41. The minimum atomic E-state index is -0.448. The smallest absolute Gasteiger partial charge is 0.293 e. The van der Waals surface area contributed by atoms with E-state index in [-0.39, 0.29) is 16.8 Å². The number of hydrogen-bond acceptors (Lipinski definition) is 6. The maximum Gasteiger partial charge on any atom is 0.293 e.